The topological polar surface area (TPSA) is 117 Å². The molecule has 0 fully saturated rings. The number of nitrogens with zero attached hydrogens (tertiary/aromatic N) is 1. The number of nitro groups is 1. The highest BCUT2D eigenvalue weighted by molar-refractivity contribution is 6.74. The van der Waals surface area contributed by atoms with Gasteiger partial charge in [0.1, 0.15) is 23.7 Å². The van der Waals surface area contributed by atoms with Gasteiger partial charge in [-0.2, -0.15) is 0 Å². The van der Waals surface area contributed by atoms with Crippen molar-refractivity contribution < 1.29 is 28.4 Å². The van der Waals surface area contributed by atoms with Crippen LogP contribution in [0, 0.1) is 10.1 Å². The van der Waals surface area contributed by atoms with Crippen molar-refractivity contribution in [3.05, 3.63) is 75.5 Å². The Hall–Kier alpha value is -3.66. The Morgan fingerprint density at radius 2 is 1.65 bits per heavy atom. The molecule has 0 spiro atoms. The number of nitro benzene ring substituents is 1. The Balaban J connectivity index is 2.48. The Labute approximate surface area is 219 Å². The number of hydrogen-bond donors (Lipinski definition) is 1. The fraction of sp³-hybridized carbons (Fsp3) is 0.407. The van der Waals surface area contributed by atoms with Crippen LogP contribution < -0.4 is 9.74 Å². The highest BCUT2D eigenvalue weighted by Gasteiger charge is 2.39. The summed E-state index contributed by atoms with van der Waals surface area (Å²) >= 11 is 0. The molecule has 1 amide bonds. The van der Waals surface area contributed by atoms with Crippen LogP contribution in [0.4, 0.5) is 10.5 Å². The first kappa shape index (κ1) is 29.6. The summed E-state index contributed by atoms with van der Waals surface area (Å²) in [6, 6.07) is 13.3. The van der Waals surface area contributed by atoms with Gasteiger partial charge in [0.15, 0.2) is 0 Å². The van der Waals surface area contributed by atoms with E-state index in [1.54, 1.807) is 45.0 Å². The first-order chi connectivity index (χ1) is 17.0. The number of amides is 1. The summed E-state index contributed by atoms with van der Waals surface area (Å²) in [6.45, 7) is 15.3. The van der Waals surface area contributed by atoms with Crippen LogP contribution in [-0.2, 0) is 20.9 Å². The molecule has 0 heterocycles. The predicted molar refractivity (Wildman–Crippen MR) is 145 cm³/mol. The van der Waals surface area contributed by atoms with Crippen molar-refractivity contribution >= 4 is 32.1 Å². The van der Waals surface area contributed by atoms with Crippen molar-refractivity contribution in [2.75, 3.05) is 0 Å². The highest BCUT2D eigenvalue weighted by atomic mass is 28.4. The summed E-state index contributed by atoms with van der Waals surface area (Å²) in [5.74, 6) is -0.447. The SMILES string of the molecule is CC(C)(C)OC(=O)N/C(=C\c1cc(O[Si](C)(C)C(C)(C)C)ccc1[N+](=O)[O-])C(=O)OCc1ccccc1. The Bertz CT molecular complexity index is 1160. The van der Waals surface area contributed by atoms with Crippen LogP contribution in [0.1, 0.15) is 52.7 Å². The van der Waals surface area contributed by atoms with Gasteiger partial charge in [0.05, 0.1) is 10.5 Å². The van der Waals surface area contributed by atoms with E-state index in [1.807, 2.05) is 6.07 Å². The maximum Gasteiger partial charge on any atom is 0.412 e. The summed E-state index contributed by atoms with van der Waals surface area (Å²) in [6.07, 6.45) is 0.306. The van der Waals surface area contributed by atoms with Crippen LogP contribution in [0.25, 0.3) is 6.08 Å². The average molecular weight is 529 g/mol. The lowest BCUT2D eigenvalue weighted by Gasteiger charge is -2.36. The zero-order chi connectivity index (χ0) is 28.0. The van der Waals surface area contributed by atoms with Gasteiger partial charge in [-0.05, 0) is 62.7 Å². The second-order valence-corrected chi connectivity index (χ2v) is 15.8. The van der Waals surface area contributed by atoms with E-state index in [-0.39, 0.29) is 28.6 Å². The molecule has 2 aromatic carbocycles. The molecule has 0 radical (unpaired) electrons. The fourth-order valence-corrected chi connectivity index (χ4v) is 3.86. The number of esters is 1. The molecule has 0 aromatic heterocycles. The quantitative estimate of drug-likeness (QED) is 0.135. The monoisotopic (exact) mass is 528 g/mol. The standard InChI is InChI=1S/C27H36N2O7Si/c1-26(2,3)35-25(31)28-22(24(30)34-18-19-12-10-9-11-13-19)17-20-16-21(14-15-23(20)29(32)33)36-37(7,8)27(4,5)6/h9-17H,18H2,1-8H3,(H,28,31)/b22-17-. The van der Waals surface area contributed by atoms with E-state index in [1.165, 1.54) is 24.3 Å². The molecule has 200 valence electrons. The van der Waals surface area contributed by atoms with E-state index in [2.05, 4.69) is 39.2 Å². The molecule has 1 N–H and O–H groups in total. The molecule has 10 heteroatoms. The normalized spacial score (nSPS) is 12.5. The van der Waals surface area contributed by atoms with Crippen LogP contribution in [0.15, 0.2) is 54.2 Å². The number of carbonyl (C=O) groups is 2. The van der Waals surface area contributed by atoms with E-state index in [4.69, 9.17) is 13.9 Å². The Kier molecular flexibility index (Phi) is 9.26. The van der Waals surface area contributed by atoms with Crippen molar-refractivity contribution in [3.8, 4) is 5.75 Å². The number of alkyl carbamates (subject to hydrolysis) is 1. The van der Waals surface area contributed by atoms with Gasteiger partial charge in [-0.1, -0.05) is 51.1 Å². The minimum Gasteiger partial charge on any atom is -0.543 e. The van der Waals surface area contributed by atoms with E-state index in [0.717, 1.165) is 5.56 Å². The molecule has 0 aliphatic carbocycles. The maximum atomic E-state index is 13.0. The molecular formula is C27H36N2O7Si. The second kappa shape index (κ2) is 11.6. The van der Waals surface area contributed by atoms with Crippen LogP contribution in [0.3, 0.4) is 0 Å². The summed E-state index contributed by atoms with van der Waals surface area (Å²) < 4.78 is 16.9. The predicted octanol–water partition coefficient (Wildman–Crippen LogP) is 6.59. The number of nitrogens with one attached hydrogen (secondary N) is 1. The van der Waals surface area contributed by atoms with Crippen LogP contribution in [0.2, 0.25) is 18.1 Å². The van der Waals surface area contributed by atoms with Crippen LogP contribution in [-0.4, -0.2) is 30.9 Å². The number of ether oxygens (including phenoxy) is 2. The molecule has 0 saturated heterocycles. The smallest absolute Gasteiger partial charge is 0.412 e. The van der Waals surface area contributed by atoms with Gasteiger partial charge in [0.2, 0.25) is 8.32 Å². The highest BCUT2D eigenvalue weighted by Crippen LogP contribution is 2.38. The fourth-order valence-electron chi connectivity index (χ4n) is 2.84. The molecule has 0 aliphatic rings. The van der Waals surface area contributed by atoms with Gasteiger partial charge in [-0.25, -0.2) is 9.59 Å². The van der Waals surface area contributed by atoms with E-state index >= 15 is 0 Å². The molecule has 0 saturated carbocycles. The third kappa shape index (κ3) is 9.05. The lowest BCUT2D eigenvalue weighted by Crippen LogP contribution is -2.43. The number of hydrogen-bond acceptors (Lipinski definition) is 7. The van der Waals surface area contributed by atoms with Gasteiger partial charge in [-0.3, -0.25) is 15.4 Å². The third-order valence-electron chi connectivity index (χ3n) is 5.74. The zero-order valence-electron chi connectivity index (χ0n) is 22.7. The first-order valence-electron chi connectivity index (χ1n) is 11.9. The van der Waals surface area contributed by atoms with E-state index in [0.29, 0.717) is 5.75 Å². The summed E-state index contributed by atoms with van der Waals surface area (Å²) in [4.78, 5) is 36.7. The van der Waals surface area contributed by atoms with E-state index in [9.17, 15) is 19.7 Å². The number of rotatable bonds is 8. The molecule has 37 heavy (non-hydrogen) atoms. The summed E-state index contributed by atoms with van der Waals surface area (Å²) in [7, 11) is -2.25. The van der Waals surface area contributed by atoms with Gasteiger partial charge in [0, 0.05) is 6.07 Å². The third-order valence-corrected chi connectivity index (χ3v) is 10.1. The number of benzene rings is 2. The zero-order valence-corrected chi connectivity index (χ0v) is 23.7. The minimum absolute atomic E-state index is 0.0520. The molecule has 0 bridgehead atoms. The van der Waals surface area contributed by atoms with Gasteiger partial charge >= 0.3 is 12.1 Å². The van der Waals surface area contributed by atoms with Crippen molar-refractivity contribution in [3.63, 3.8) is 0 Å². The maximum absolute atomic E-state index is 13.0. The Morgan fingerprint density at radius 3 is 2.19 bits per heavy atom. The molecule has 2 aromatic rings. The van der Waals surface area contributed by atoms with Gasteiger partial charge in [0.25, 0.3) is 5.69 Å². The molecular weight excluding hydrogens is 492 g/mol. The van der Waals surface area contributed by atoms with Crippen molar-refractivity contribution in [1.29, 1.82) is 0 Å². The Morgan fingerprint density at radius 1 is 1.03 bits per heavy atom. The summed E-state index contributed by atoms with van der Waals surface area (Å²) in [5, 5.41) is 14.1. The average Bonchev–Trinajstić information content (AvgIpc) is 2.75. The molecule has 0 unspecified atom stereocenters. The number of carbonyl (C=O) groups excluding carboxylic acids is 2. The van der Waals surface area contributed by atoms with Crippen molar-refractivity contribution in [2.45, 2.75) is 71.9 Å². The van der Waals surface area contributed by atoms with E-state index < -0.39 is 30.9 Å². The van der Waals surface area contributed by atoms with Crippen LogP contribution >= 0.6 is 0 Å². The lowest BCUT2D eigenvalue weighted by molar-refractivity contribution is -0.385. The van der Waals surface area contributed by atoms with Gasteiger partial charge in [-0.15, -0.1) is 0 Å². The molecule has 0 aliphatic heterocycles. The largest absolute Gasteiger partial charge is 0.543 e. The molecule has 9 nitrogen and oxygen atoms in total. The van der Waals surface area contributed by atoms with Crippen LogP contribution in [0.5, 0.6) is 5.75 Å². The van der Waals surface area contributed by atoms with Crippen molar-refractivity contribution in [1.82, 2.24) is 5.32 Å². The minimum atomic E-state index is -2.25. The molecule has 0 atom stereocenters. The lowest BCUT2D eigenvalue weighted by atomic mass is 10.1. The van der Waals surface area contributed by atoms with Crippen molar-refractivity contribution in [2.24, 2.45) is 0 Å². The first-order valence-corrected chi connectivity index (χ1v) is 14.8. The summed E-state index contributed by atoms with van der Waals surface area (Å²) in [5.41, 5.74) is -0.585. The molecule has 2 rings (SSSR count). The second-order valence-electron chi connectivity index (χ2n) is 11.1. The van der Waals surface area contributed by atoms with Gasteiger partial charge < -0.3 is 13.9 Å².